The summed E-state index contributed by atoms with van der Waals surface area (Å²) in [4.78, 5) is 32.9. The Balaban J connectivity index is 1.54. The quantitative estimate of drug-likeness (QED) is 0.545. The highest BCUT2D eigenvalue weighted by atomic mass is 32.1. The Labute approximate surface area is 198 Å². The van der Waals surface area contributed by atoms with E-state index >= 15 is 0 Å². The molecule has 1 aliphatic heterocycles. The van der Waals surface area contributed by atoms with E-state index in [0.717, 1.165) is 53.4 Å². The zero-order valence-corrected chi connectivity index (χ0v) is 20.0. The molecule has 0 bridgehead atoms. The number of hydrogen-bond donors (Lipinski definition) is 2. The van der Waals surface area contributed by atoms with Crippen LogP contribution in [0.3, 0.4) is 0 Å². The number of nitrogens with one attached hydrogen (secondary N) is 2. The third-order valence-electron chi connectivity index (χ3n) is 5.97. The van der Waals surface area contributed by atoms with Gasteiger partial charge in [0.05, 0.1) is 25.5 Å². The van der Waals surface area contributed by atoms with Gasteiger partial charge in [-0.1, -0.05) is 30.3 Å². The molecule has 2 atom stereocenters. The van der Waals surface area contributed by atoms with Crippen molar-refractivity contribution in [1.82, 2.24) is 20.5 Å². The van der Waals surface area contributed by atoms with E-state index in [9.17, 15) is 9.59 Å². The van der Waals surface area contributed by atoms with Gasteiger partial charge in [-0.2, -0.15) is 0 Å². The summed E-state index contributed by atoms with van der Waals surface area (Å²) in [5, 5.41) is 6.93. The van der Waals surface area contributed by atoms with E-state index in [1.807, 2.05) is 23.1 Å². The lowest BCUT2D eigenvalue weighted by molar-refractivity contribution is -0.148. The smallest absolute Gasteiger partial charge is 0.406 e. The molecule has 1 aromatic carbocycles. The molecule has 9 heteroatoms. The number of carbonyl (C=O) groups excluding carboxylic acids is 2. The third kappa shape index (κ3) is 5.90. The first-order valence-corrected chi connectivity index (χ1v) is 12.4. The van der Waals surface area contributed by atoms with Crippen LogP contribution in [0.5, 0.6) is 0 Å². The molecule has 8 nitrogen and oxygen atoms in total. The molecule has 0 unspecified atom stereocenters. The van der Waals surface area contributed by atoms with Crippen LogP contribution in [-0.4, -0.2) is 67.4 Å². The summed E-state index contributed by atoms with van der Waals surface area (Å²) >= 11 is 1.66. The minimum atomic E-state index is -0.431. The summed E-state index contributed by atoms with van der Waals surface area (Å²) in [6, 6.07) is 10.3. The molecule has 2 aromatic rings. The van der Waals surface area contributed by atoms with Crippen molar-refractivity contribution in [3.63, 3.8) is 0 Å². The Morgan fingerprint density at radius 2 is 2.12 bits per heavy atom. The average molecular weight is 473 g/mol. The summed E-state index contributed by atoms with van der Waals surface area (Å²) in [6.07, 6.45) is 2.76. The van der Waals surface area contributed by atoms with E-state index in [1.165, 1.54) is 7.11 Å². The lowest BCUT2D eigenvalue weighted by Gasteiger charge is -2.33. The lowest BCUT2D eigenvalue weighted by atomic mass is 10.1. The predicted molar refractivity (Wildman–Crippen MR) is 127 cm³/mol. The SMILES string of the molecule is COC(=O)NCCCc1sc([C@@H](C)N(C(=O)[C@H]2CNCCO2)C2CC2)nc1-c1ccccc1. The first kappa shape index (κ1) is 23.7. The number of amides is 2. The van der Waals surface area contributed by atoms with Gasteiger partial charge >= 0.3 is 6.09 Å². The second-order valence-corrected chi connectivity index (χ2v) is 9.54. The topological polar surface area (TPSA) is 92.8 Å². The normalized spacial score (nSPS) is 19.0. The number of carbonyl (C=O) groups is 2. The Bertz CT molecular complexity index is 941. The van der Waals surface area contributed by atoms with Gasteiger partial charge in [0.2, 0.25) is 0 Å². The first-order chi connectivity index (χ1) is 16.1. The highest BCUT2D eigenvalue weighted by Gasteiger charge is 2.41. The third-order valence-corrected chi connectivity index (χ3v) is 7.25. The van der Waals surface area contributed by atoms with Gasteiger partial charge in [0, 0.05) is 36.1 Å². The van der Waals surface area contributed by atoms with Gasteiger partial charge in [-0.05, 0) is 32.6 Å². The summed E-state index contributed by atoms with van der Waals surface area (Å²) < 4.78 is 10.4. The van der Waals surface area contributed by atoms with E-state index in [2.05, 4.69) is 34.4 Å². The standard InChI is InChI=1S/C24H32N4O4S/c1-16(28(18-10-11-18)23(29)19-15-25-13-14-32-19)22-27-21(17-7-4-3-5-8-17)20(33-22)9-6-12-26-24(30)31-2/h3-5,7-8,16,18-19,25H,6,9-15H2,1-2H3,(H,26,30)/t16-,19-/m1/s1. The number of nitrogens with zero attached hydrogens (tertiary/aromatic N) is 2. The van der Waals surface area contributed by atoms with Gasteiger partial charge in [-0.3, -0.25) is 4.79 Å². The van der Waals surface area contributed by atoms with Crippen LogP contribution in [0.1, 0.15) is 42.1 Å². The van der Waals surface area contributed by atoms with Crippen LogP contribution in [0.4, 0.5) is 4.79 Å². The van der Waals surface area contributed by atoms with Crippen LogP contribution >= 0.6 is 11.3 Å². The molecular weight excluding hydrogens is 440 g/mol. The summed E-state index contributed by atoms with van der Waals surface area (Å²) in [6.45, 7) is 4.50. The zero-order chi connectivity index (χ0) is 23.2. The molecule has 2 aliphatic rings. The van der Waals surface area contributed by atoms with Crippen molar-refractivity contribution in [1.29, 1.82) is 0 Å². The molecule has 1 aliphatic carbocycles. The van der Waals surface area contributed by atoms with E-state index in [1.54, 1.807) is 11.3 Å². The molecular formula is C24H32N4O4S. The van der Waals surface area contributed by atoms with Crippen LogP contribution in [-0.2, 0) is 20.7 Å². The molecule has 2 fully saturated rings. The van der Waals surface area contributed by atoms with E-state index < -0.39 is 12.2 Å². The maximum atomic E-state index is 13.3. The van der Waals surface area contributed by atoms with Crippen LogP contribution in [0.2, 0.25) is 0 Å². The minimum Gasteiger partial charge on any atom is -0.453 e. The molecule has 1 saturated carbocycles. The lowest BCUT2D eigenvalue weighted by Crippen LogP contribution is -2.50. The molecule has 2 N–H and O–H groups in total. The van der Waals surface area contributed by atoms with Crippen molar-refractivity contribution in [2.75, 3.05) is 33.4 Å². The maximum absolute atomic E-state index is 13.3. The highest BCUT2D eigenvalue weighted by molar-refractivity contribution is 7.12. The van der Waals surface area contributed by atoms with Crippen LogP contribution in [0.25, 0.3) is 11.3 Å². The predicted octanol–water partition coefficient (Wildman–Crippen LogP) is 3.14. The fraction of sp³-hybridized carbons (Fsp3) is 0.542. The Hall–Kier alpha value is -2.49. The molecule has 178 valence electrons. The number of thiazole rings is 1. The van der Waals surface area contributed by atoms with Gasteiger partial charge in [0.25, 0.3) is 5.91 Å². The van der Waals surface area contributed by atoms with Crippen LogP contribution < -0.4 is 10.6 Å². The van der Waals surface area contributed by atoms with Crippen molar-refractivity contribution in [2.24, 2.45) is 0 Å². The average Bonchev–Trinajstić information content (AvgIpc) is 3.60. The molecule has 1 saturated heterocycles. The van der Waals surface area contributed by atoms with Crippen molar-refractivity contribution >= 4 is 23.3 Å². The van der Waals surface area contributed by atoms with Crippen molar-refractivity contribution < 1.29 is 19.1 Å². The fourth-order valence-corrected chi connectivity index (χ4v) is 5.28. The summed E-state index contributed by atoms with van der Waals surface area (Å²) in [5.74, 6) is 0.0532. The molecule has 2 heterocycles. The second-order valence-electron chi connectivity index (χ2n) is 8.43. The Morgan fingerprint density at radius 1 is 1.33 bits per heavy atom. The second kappa shape index (κ2) is 11.1. The van der Waals surface area contributed by atoms with Crippen molar-refractivity contribution in [2.45, 2.75) is 50.8 Å². The van der Waals surface area contributed by atoms with E-state index in [-0.39, 0.29) is 18.0 Å². The number of aryl methyl sites for hydroxylation is 1. The van der Waals surface area contributed by atoms with E-state index in [4.69, 9.17) is 9.72 Å². The Kier molecular flexibility index (Phi) is 7.95. The maximum Gasteiger partial charge on any atom is 0.406 e. The number of ether oxygens (including phenoxy) is 2. The number of alkyl carbamates (subject to hydrolysis) is 1. The molecule has 0 spiro atoms. The van der Waals surface area contributed by atoms with E-state index in [0.29, 0.717) is 19.7 Å². The number of aromatic nitrogens is 1. The largest absolute Gasteiger partial charge is 0.453 e. The van der Waals surface area contributed by atoms with Crippen LogP contribution in [0, 0.1) is 0 Å². The number of benzene rings is 1. The molecule has 1 aromatic heterocycles. The molecule has 2 amide bonds. The van der Waals surface area contributed by atoms with Gasteiger partial charge in [-0.15, -0.1) is 11.3 Å². The minimum absolute atomic E-state index is 0.0532. The fourth-order valence-electron chi connectivity index (χ4n) is 4.10. The van der Waals surface area contributed by atoms with Gasteiger partial charge in [0.15, 0.2) is 0 Å². The van der Waals surface area contributed by atoms with Gasteiger partial charge in [-0.25, -0.2) is 9.78 Å². The van der Waals surface area contributed by atoms with Crippen molar-refractivity contribution in [3.05, 3.63) is 40.2 Å². The summed E-state index contributed by atoms with van der Waals surface area (Å²) in [7, 11) is 1.36. The van der Waals surface area contributed by atoms with Gasteiger partial charge < -0.3 is 25.0 Å². The Morgan fingerprint density at radius 3 is 2.79 bits per heavy atom. The number of hydrogen-bond acceptors (Lipinski definition) is 7. The zero-order valence-electron chi connectivity index (χ0n) is 19.2. The number of methoxy groups -OCH3 is 1. The van der Waals surface area contributed by atoms with Crippen LogP contribution in [0.15, 0.2) is 30.3 Å². The summed E-state index contributed by atoms with van der Waals surface area (Å²) in [5.41, 5.74) is 2.02. The molecule has 33 heavy (non-hydrogen) atoms. The highest BCUT2D eigenvalue weighted by Crippen LogP contribution is 2.39. The molecule has 4 rings (SSSR count). The molecule has 0 radical (unpaired) electrons. The number of rotatable bonds is 9. The van der Waals surface area contributed by atoms with Gasteiger partial charge in [0.1, 0.15) is 11.1 Å². The first-order valence-electron chi connectivity index (χ1n) is 11.6. The monoisotopic (exact) mass is 472 g/mol. The van der Waals surface area contributed by atoms with Crippen molar-refractivity contribution in [3.8, 4) is 11.3 Å². The number of morpholine rings is 1.